The minimum absolute atomic E-state index is 0.00868. The van der Waals surface area contributed by atoms with Gasteiger partial charge in [0.25, 0.3) is 0 Å². The summed E-state index contributed by atoms with van der Waals surface area (Å²) >= 11 is 2.94. The van der Waals surface area contributed by atoms with Gasteiger partial charge in [-0.3, -0.25) is 9.69 Å². The third-order valence-corrected chi connectivity index (χ3v) is 8.19. The summed E-state index contributed by atoms with van der Waals surface area (Å²) in [5, 5.41) is 5.58. The molecule has 5 nitrogen and oxygen atoms in total. The highest BCUT2D eigenvalue weighted by molar-refractivity contribution is 8.00. The van der Waals surface area contributed by atoms with E-state index in [1.54, 1.807) is 40.9 Å². The summed E-state index contributed by atoms with van der Waals surface area (Å²) in [6.07, 6.45) is 3.55. The molecular weight excluding hydrogens is 531 g/mol. The highest BCUT2D eigenvalue weighted by Crippen LogP contribution is 2.43. The zero-order valence-electron chi connectivity index (χ0n) is 19.8. The topological polar surface area (TPSA) is 61.4 Å². The number of hydrogen-bond acceptors (Lipinski definition) is 4. The first kappa shape index (κ1) is 26.0. The summed E-state index contributed by atoms with van der Waals surface area (Å²) in [5.41, 5.74) is 0.664. The number of allylic oxidation sites excluding steroid dienone is 2. The molecule has 3 amide bonds. The van der Waals surface area contributed by atoms with E-state index in [1.807, 2.05) is 42.5 Å². The first-order valence-electron chi connectivity index (χ1n) is 11.7. The van der Waals surface area contributed by atoms with Gasteiger partial charge in [0.2, 0.25) is 5.91 Å². The van der Waals surface area contributed by atoms with Gasteiger partial charge >= 0.3 is 12.2 Å². The molecule has 194 valence electrons. The molecule has 0 spiro atoms. The molecule has 1 aliphatic carbocycles. The summed E-state index contributed by atoms with van der Waals surface area (Å²) < 4.78 is 38.8. The lowest BCUT2D eigenvalue weighted by Crippen LogP contribution is -2.49. The van der Waals surface area contributed by atoms with Crippen LogP contribution in [0.1, 0.15) is 5.56 Å². The number of thioether (sulfide) groups is 2. The van der Waals surface area contributed by atoms with E-state index in [0.717, 1.165) is 27.6 Å². The van der Waals surface area contributed by atoms with E-state index in [1.165, 1.54) is 23.9 Å². The van der Waals surface area contributed by atoms with Crippen LogP contribution >= 0.6 is 23.5 Å². The molecule has 0 saturated heterocycles. The number of amides is 3. The van der Waals surface area contributed by atoms with Crippen LogP contribution in [0.5, 0.6) is 0 Å². The molecule has 2 N–H and O–H groups in total. The maximum Gasteiger partial charge on any atom is 0.416 e. The monoisotopic (exact) mass is 553 g/mol. The minimum Gasteiger partial charge on any atom is -0.325 e. The number of alkyl halides is 3. The maximum atomic E-state index is 13.5. The smallest absolute Gasteiger partial charge is 0.325 e. The Kier molecular flexibility index (Phi) is 7.53. The molecule has 0 fully saturated rings. The largest absolute Gasteiger partial charge is 0.416 e. The lowest BCUT2D eigenvalue weighted by molar-refractivity contribution is -0.137. The summed E-state index contributed by atoms with van der Waals surface area (Å²) in [5.74, 6) is -0.444. The number of fused-ring (bicyclic) bond motifs is 2. The Morgan fingerprint density at radius 1 is 0.895 bits per heavy atom. The predicted molar refractivity (Wildman–Crippen MR) is 147 cm³/mol. The van der Waals surface area contributed by atoms with Gasteiger partial charge in [0.1, 0.15) is 0 Å². The van der Waals surface area contributed by atoms with Crippen LogP contribution in [0.4, 0.5) is 35.0 Å². The average Bonchev–Trinajstić information content (AvgIpc) is 2.90. The van der Waals surface area contributed by atoms with Crippen molar-refractivity contribution in [3.63, 3.8) is 0 Å². The van der Waals surface area contributed by atoms with Gasteiger partial charge in [0.15, 0.2) is 0 Å². The fourth-order valence-electron chi connectivity index (χ4n) is 4.19. The molecule has 0 saturated carbocycles. The molecule has 2 unspecified atom stereocenters. The number of benzene rings is 3. The molecule has 2 aliphatic rings. The van der Waals surface area contributed by atoms with Gasteiger partial charge in [-0.1, -0.05) is 48.6 Å². The maximum absolute atomic E-state index is 13.5. The van der Waals surface area contributed by atoms with E-state index in [0.29, 0.717) is 5.69 Å². The van der Waals surface area contributed by atoms with Crippen LogP contribution in [0.3, 0.4) is 0 Å². The molecule has 3 aromatic rings. The van der Waals surface area contributed by atoms with Crippen molar-refractivity contribution in [3.8, 4) is 0 Å². The molecule has 1 aliphatic heterocycles. The van der Waals surface area contributed by atoms with Crippen molar-refractivity contribution in [1.82, 2.24) is 0 Å². The predicted octanol–water partition coefficient (Wildman–Crippen LogP) is 7.44. The molecule has 5 rings (SSSR count). The minimum atomic E-state index is -4.49. The number of nitrogens with zero attached hydrogens (tertiary/aromatic N) is 1. The Balaban J connectivity index is 1.24. The number of hydrogen-bond donors (Lipinski definition) is 2. The van der Waals surface area contributed by atoms with Crippen LogP contribution in [-0.2, 0) is 11.0 Å². The Morgan fingerprint density at radius 2 is 1.63 bits per heavy atom. The fraction of sp³-hybridized carbons (Fsp3) is 0.143. The van der Waals surface area contributed by atoms with Crippen molar-refractivity contribution in [3.05, 3.63) is 103 Å². The highest BCUT2D eigenvalue weighted by Gasteiger charge is 2.36. The Labute approximate surface area is 226 Å². The number of carbonyl (C=O) groups excluding carboxylic acids is 2. The van der Waals surface area contributed by atoms with E-state index in [2.05, 4.69) is 16.7 Å². The quantitative estimate of drug-likeness (QED) is 0.322. The zero-order valence-corrected chi connectivity index (χ0v) is 21.4. The molecule has 10 heteroatoms. The molecular formula is C28H22F3N3O2S2. The number of anilines is 3. The normalized spacial score (nSPS) is 17.9. The van der Waals surface area contributed by atoms with Crippen molar-refractivity contribution < 1.29 is 22.8 Å². The summed E-state index contributed by atoms with van der Waals surface area (Å²) in [6, 6.07) is 19.0. The Hall–Kier alpha value is -3.63. The van der Waals surface area contributed by atoms with Gasteiger partial charge in [0, 0.05) is 21.2 Å². The lowest BCUT2D eigenvalue weighted by atomic mass is 10.1. The third kappa shape index (κ3) is 5.92. The fourth-order valence-corrected chi connectivity index (χ4v) is 6.21. The van der Waals surface area contributed by atoms with E-state index in [-0.39, 0.29) is 28.8 Å². The molecule has 1 heterocycles. The van der Waals surface area contributed by atoms with Gasteiger partial charge < -0.3 is 10.6 Å². The highest BCUT2D eigenvalue weighted by atomic mass is 32.2. The van der Waals surface area contributed by atoms with Crippen molar-refractivity contribution in [2.75, 3.05) is 21.3 Å². The van der Waals surface area contributed by atoms with E-state index < -0.39 is 17.6 Å². The molecule has 0 aromatic heterocycles. The molecule has 0 bridgehead atoms. The number of urea groups is 1. The summed E-state index contributed by atoms with van der Waals surface area (Å²) in [7, 11) is 0. The van der Waals surface area contributed by atoms with Gasteiger partial charge in [-0.2, -0.15) is 13.2 Å². The van der Waals surface area contributed by atoms with Gasteiger partial charge in [0.05, 0.1) is 28.3 Å². The van der Waals surface area contributed by atoms with Crippen LogP contribution in [0.25, 0.3) is 0 Å². The second kappa shape index (κ2) is 11.0. The van der Waals surface area contributed by atoms with E-state index in [4.69, 9.17) is 0 Å². The van der Waals surface area contributed by atoms with Gasteiger partial charge in [-0.25, -0.2) is 4.79 Å². The van der Waals surface area contributed by atoms with Gasteiger partial charge in [-0.05, 0) is 48.5 Å². The number of halogens is 3. The number of para-hydroxylation sites is 1. The third-order valence-electron chi connectivity index (χ3n) is 5.89. The Morgan fingerprint density at radius 3 is 2.45 bits per heavy atom. The SMILES string of the molecule is O=C(CSc1cccc(NC(=O)N2c3ccccc3SC3C=CC=CC32)c1)Nc1cccc(C(F)(F)F)c1. The van der Waals surface area contributed by atoms with Crippen molar-refractivity contribution in [1.29, 1.82) is 0 Å². The van der Waals surface area contributed by atoms with Crippen molar-refractivity contribution in [2.24, 2.45) is 0 Å². The van der Waals surface area contributed by atoms with E-state index >= 15 is 0 Å². The van der Waals surface area contributed by atoms with Crippen LogP contribution < -0.4 is 15.5 Å². The van der Waals surface area contributed by atoms with E-state index in [9.17, 15) is 22.8 Å². The lowest BCUT2D eigenvalue weighted by Gasteiger charge is -2.40. The average molecular weight is 554 g/mol. The number of rotatable bonds is 5. The van der Waals surface area contributed by atoms with Crippen LogP contribution in [-0.4, -0.2) is 29.0 Å². The molecule has 3 aromatic carbocycles. The summed E-state index contributed by atoms with van der Waals surface area (Å²) in [6.45, 7) is 0. The summed E-state index contributed by atoms with van der Waals surface area (Å²) in [4.78, 5) is 29.3. The molecule has 0 radical (unpaired) electrons. The Bertz CT molecular complexity index is 1420. The standard InChI is InChI=1S/C28H22F3N3O2S2/c29-28(30,31)18-7-5-8-19(15-18)32-26(35)17-37-21-10-6-9-20(16-21)33-27(36)34-22-11-1-3-13-24(22)38-25-14-4-2-12-23(25)34/h1-16,22,24H,17H2,(H,32,35)(H,33,36). The van der Waals surface area contributed by atoms with Gasteiger partial charge in [-0.15, -0.1) is 23.5 Å². The zero-order chi connectivity index (χ0) is 26.7. The van der Waals surface area contributed by atoms with Crippen LogP contribution in [0.15, 0.2) is 107 Å². The first-order valence-corrected chi connectivity index (χ1v) is 13.6. The second-order valence-corrected chi connectivity index (χ2v) is 10.8. The molecule has 2 atom stereocenters. The molecule has 38 heavy (non-hydrogen) atoms. The first-order chi connectivity index (χ1) is 18.3. The second-order valence-electron chi connectivity index (χ2n) is 8.55. The number of nitrogens with one attached hydrogen (secondary N) is 2. The van der Waals surface area contributed by atoms with Crippen molar-refractivity contribution in [2.45, 2.75) is 27.3 Å². The van der Waals surface area contributed by atoms with Crippen molar-refractivity contribution >= 4 is 52.5 Å². The number of carbonyl (C=O) groups is 2. The van der Waals surface area contributed by atoms with Crippen LogP contribution in [0.2, 0.25) is 0 Å². The van der Waals surface area contributed by atoms with Crippen LogP contribution in [0, 0.1) is 0 Å².